The summed E-state index contributed by atoms with van der Waals surface area (Å²) in [6, 6.07) is 19.0. The molecule has 0 amide bonds. The molecule has 3 aromatic carbocycles. The van der Waals surface area contributed by atoms with Crippen LogP contribution >= 0.6 is 0 Å². The number of ether oxygens (including phenoxy) is 3. The van der Waals surface area contributed by atoms with Crippen LogP contribution in [0.3, 0.4) is 0 Å². The van der Waals surface area contributed by atoms with E-state index in [4.69, 9.17) is 9.47 Å². The van der Waals surface area contributed by atoms with Gasteiger partial charge in [0, 0.05) is 18.1 Å². The Morgan fingerprint density at radius 1 is 0.895 bits per heavy atom. The standard InChI is InChI=1S/C24H20F2N2O3S.C4H8O2/c1-15-20(14-18-5-3-4-6-23(18)31-24(25)26)21-13-17(9-12-22(21)28-27-15)16-7-10-19(11-8-16)32(2,29)30;1-2-6-4-3-5-1/h3-13,24H,14H2,1-2H3;1-4H2. The lowest BCUT2D eigenvalue weighted by atomic mass is 9.96. The minimum absolute atomic E-state index is 0.124. The van der Waals surface area contributed by atoms with E-state index in [9.17, 15) is 17.2 Å². The predicted octanol–water partition coefficient (Wildman–Crippen LogP) is 5.23. The molecule has 0 unspecified atom stereocenters. The minimum Gasteiger partial charge on any atom is -0.435 e. The van der Waals surface area contributed by atoms with Crippen LogP contribution < -0.4 is 4.74 Å². The first kappa shape index (κ1) is 27.6. The molecule has 4 aromatic rings. The summed E-state index contributed by atoms with van der Waals surface area (Å²) in [7, 11) is -3.28. The van der Waals surface area contributed by atoms with Crippen LogP contribution in [0.4, 0.5) is 8.78 Å². The van der Waals surface area contributed by atoms with Gasteiger partial charge in [-0.25, -0.2) is 8.42 Å². The number of alkyl halides is 2. The highest BCUT2D eigenvalue weighted by molar-refractivity contribution is 7.90. The maximum absolute atomic E-state index is 12.8. The van der Waals surface area contributed by atoms with Crippen LogP contribution in [-0.4, -0.2) is 57.9 Å². The van der Waals surface area contributed by atoms with Crippen molar-refractivity contribution in [2.24, 2.45) is 0 Å². The summed E-state index contributed by atoms with van der Waals surface area (Å²) in [5.41, 5.74) is 4.57. The van der Waals surface area contributed by atoms with Gasteiger partial charge in [-0.05, 0) is 59.5 Å². The Bertz CT molecular complexity index is 1480. The van der Waals surface area contributed by atoms with Crippen LogP contribution in [0.1, 0.15) is 16.8 Å². The Labute approximate surface area is 220 Å². The third kappa shape index (κ3) is 7.09. The molecule has 0 bridgehead atoms. The summed E-state index contributed by atoms with van der Waals surface area (Å²) in [6.45, 7) is 2.03. The second-order valence-corrected chi connectivity index (χ2v) is 10.7. The molecular weight excluding hydrogens is 514 g/mol. The minimum atomic E-state index is -3.28. The monoisotopic (exact) mass is 542 g/mol. The molecule has 5 rings (SSSR count). The SMILES string of the molecule is C1COCCO1.Cc1nnc2ccc(-c3ccc(S(C)(=O)=O)cc3)cc2c1Cc1ccccc1OC(F)F. The van der Waals surface area contributed by atoms with E-state index in [2.05, 4.69) is 14.9 Å². The van der Waals surface area contributed by atoms with E-state index in [1.165, 1.54) is 12.3 Å². The Morgan fingerprint density at radius 3 is 2.13 bits per heavy atom. The molecule has 1 aromatic heterocycles. The van der Waals surface area contributed by atoms with E-state index in [1.807, 2.05) is 25.1 Å². The van der Waals surface area contributed by atoms with Gasteiger partial charge in [-0.15, -0.1) is 0 Å². The van der Waals surface area contributed by atoms with Crippen molar-refractivity contribution in [1.29, 1.82) is 0 Å². The van der Waals surface area contributed by atoms with Crippen LogP contribution in [0, 0.1) is 6.92 Å². The molecule has 0 radical (unpaired) electrons. The number of hydrogen-bond donors (Lipinski definition) is 0. The molecule has 1 fully saturated rings. The number of nitrogens with zero attached hydrogens (tertiary/aromatic N) is 2. The average Bonchev–Trinajstić information content (AvgIpc) is 2.91. The number of hydrogen-bond acceptors (Lipinski definition) is 7. The zero-order valence-corrected chi connectivity index (χ0v) is 21.9. The summed E-state index contributed by atoms with van der Waals surface area (Å²) in [5, 5.41) is 9.33. The van der Waals surface area contributed by atoms with Crippen LogP contribution in [-0.2, 0) is 25.7 Å². The van der Waals surface area contributed by atoms with Crippen molar-refractivity contribution in [3.8, 4) is 16.9 Å². The van der Waals surface area contributed by atoms with Crippen LogP contribution in [0.2, 0.25) is 0 Å². The lowest BCUT2D eigenvalue weighted by molar-refractivity contribution is -0.0503. The zero-order valence-electron chi connectivity index (χ0n) is 21.1. The third-order valence-electron chi connectivity index (χ3n) is 5.98. The number of halogens is 2. The summed E-state index contributed by atoms with van der Waals surface area (Å²) >= 11 is 0. The quantitative estimate of drug-likeness (QED) is 0.330. The van der Waals surface area contributed by atoms with E-state index in [-0.39, 0.29) is 10.6 Å². The molecule has 0 aliphatic carbocycles. The van der Waals surface area contributed by atoms with E-state index in [0.717, 1.165) is 48.5 Å². The highest BCUT2D eigenvalue weighted by Crippen LogP contribution is 2.31. The molecule has 0 N–H and O–H groups in total. The molecule has 1 aliphatic rings. The fourth-order valence-electron chi connectivity index (χ4n) is 4.04. The molecule has 200 valence electrons. The Morgan fingerprint density at radius 2 is 1.53 bits per heavy atom. The van der Waals surface area contributed by atoms with Crippen molar-refractivity contribution >= 4 is 20.7 Å². The number of aryl methyl sites for hydroxylation is 1. The van der Waals surface area contributed by atoms with Gasteiger partial charge in [0.1, 0.15) is 5.75 Å². The number of fused-ring (bicyclic) bond motifs is 1. The second-order valence-electron chi connectivity index (χ2n) is 8.68. The van der Waals surface area contributed by atoms with Gasteiger partial charge in [0.2, 0.25) is 0 Å². The maximum Gasteiger partial charge on any atom is 0.387 e. The second kappa shape index (κ2) is 12.4. The fraction of sp³-hybridized carbons (Fsp3) is 0.286. The number of rotatable bonds is 6. The van der Waals surface area contributed by atoms with Crippen LogP contribution in [0.5, 0.6) is 5.75 Å². The van der Waals surface area contributed by atoms with E-state index >= 15 is 0 Å². The molecule has 1 aliphatic heterocycles. The van der Waals surface area contributed by atoms with Crippen molar-refractivity contribution in [2.75, 3.05) is 32.7 Å². The lowest BCUT2D eigenvalue weighted by Gasteiger charge is -2.14. The van der Waals surface area contributed by atoms with Crippen molar-refractivity contribution in [3.05, 3.63) is 83.6 Å². The first-order chi connectivity index (χ1) is 18.2. The normalized spacial score (nSPS) is 13.7. The Kier molecular flexibility index (Phi) is 8.98. The van der Waals surface area contributed by atoms with Gasteiger partial charge in [0.05, 0.1) is 42.5 Å². The van der Waals surface area contributed by atoms with Crippen LogP contribution in [0.15, 0.2) is 71.6 Å². The molecule has 0 spiro atoms. The molecule has 1 saturated heterocycles. The first-order valence-corrected chi connectivity index (χ1v) is 13.9. The molecule has 7 nitrogen and oxygen atoms in total. The topological polar surface area (TPSA) is 87.6 Å². The molecule has 0 atom stereocenters. The highest BCUT2D eigenvalue weighted by Gasteiger charge is 2.15. The molecule has 38 heavy (non-hydrogen) atoms. The summed E-state index contributed by atoms with van der Waals surface area (Å²) in [5.74, 6) is 0.124. The van der Waals surface area contributed by atoms with Crippen molar-refractivity contribution in [1.82, 2.24) is 10.2 Å². The average molecular weight is 543 g/mol. The van der Waals surface area contributed by atoms with Gasteiger partial charge in [0.15, 0.2) is 9.84 Å². The van der Waals surface area contributed by atoms with Gasteiger partial charge in [-0.3, -0.25) is 0 Å². The van der Waals surface area contributed by atoms with Gasteiger partial charge < -0.3 is 14.2 Å². The van der Waals surface area contributed by atoms with E-state index < -0.39 is 16.4 Å². The zero-order chi connectivity index (χ0) is 27.1. The lowest BCUT2D eigenvalue weighted by Crippen LogP contribution is -2.16. The Balaban J connectivity index is 0.000000494. The molecule has 0 saturated carbocycles. The Hall–Kier alpha value is -3.47. The fourth-order valence-corrected chi connectivity index (χ4v) is 4.67. The number of aromatic nitrogens is 2. The van der Waals surface area contributed by atoms with Crippen molar-refractivity contribution < 1.29 is 31.4 Å². The summed E-state index contributed by atoms with van der Waals surface area (Å²) < 4.78 is 63.7. The number of sulfone groups is 1. The highest BCUT2D eigenvalue weighted by atomic mass is 32.2. The first-order valence-electron chi connectivity index (χ1n) is 12.0. The van der Waals surface area contributed by atoms with Crippen LogP contribution in [0.25, 0.3) is 22.0 Å². The molecular formula is C28H28F2N2O5S. The summed E-state index contributed by atoms with van der Waals surface area (Å²) in [6.07, 6.45) is 1.51. The molecule has 2 heterocycles. The summed E-state index contributed by atoms with van der Waals surface area (Å²) in [4.78, 5) is 0.250. The molecule has 10 heteroatoms. The van der Waals surface area contributed by atoms with E-state index in [0.29, 0.717) is 23.2 Å². The van der Waals surface area contributed by atoms with Gasteiger partial charge in [-0.1, -0.05) is 36.4 Å². The van der Waals surface area contributed by atoms with E-state index in [1.54, 1.807) is 42.5 Å². The predicted molar refractivity (Wildman–Crippen MR) is 140 cm³/mol. The number of benzene rings is 3. The maximum atomic E-state index is 12.8. The third-order valence-corrected chi connectivity index (χ3v) is 7.11. The smallest absolute Gasteiger partial charge is 0.387 e. The van der Waals surface area contributed by atoms with Gasteiger partial charge >= 0.3 is 6.61 Å². The van der Waals surface area contributed by atoms with Gasteiger partial charge in [0.25, 0.3) is 0 Å². The largest absolute Gasteiger partial charge is 0.435 e. The van der Waals surface area contributed by atoms with Crippen molar-refractivity contribution in [3.63, 3.8) is 0 Å². The number of para-hydroxylation sites is 1. The van der Waals surface area contributed by atoms with Crippen molar-refractivity contribution in [2.45, 2.75) is 24.9 Å². The van der Waals surface area contributed by atoms with Gasteiger partial charge in [-0.2, -0.15) is 19.0 Å².